The lowest BCUT2D eigenvalue weighted by Crippen LogP contribution is -2.14. The lowest BCUT2D eigenvalue weighted by atomic mass is 10.2. The molecular weight excluding hydrogens is 307 g/mol. The van der Waals surface area contributed by atoms with Crippen molar-refractivity contribution in [2.75, 3.05) is 5.32 Å². The largest absolute Gasteiger partial charge is 0.290 e. The van der Waals surface area contributed by atoms with Crippen molar-refractivity contribution in [2.24, 2.45) is 0 Å². The minimum atomic E-state index is -0.640. The fourth-order valence-corrected chi connectivity index (χ4v) is 1.75. The van der Waals surface area contributed by atoms with Crippen LogP contribution < -0.4 is 5.32 Å². The van der Waals surface area contributed by atoms with Gasteiger partial charge < -0.3 is 0 Å². The maximum Gasteiger partial charge on any atom is 0.271 e. The second-order valence-electron chi connectivity index (χ2n) is 3.61. The van der Waals surface area contributed by atoms with E-state index in [1.165, 1.54) is 18.3 Å². The van der Waals surface area contributed by atoms with Gasteiger partial charge in [0.05, 0.1) is 4.92 Å². The molecule has 0 fully saturated rings. The first-order valence-electron chi connectivity index (χ1n) is 5.20. The van der Waals surface area contributed by atoms with Crippen LogP contribution in [-0.2, 0) is 0 Å². The van der Waals surface area contributed by atoms with Crippen molar-refractivity contribution in [3.8, 4) is 0 Å². The number of nitrogens with zero attached hydrogens (tertiary/aromatic N) is 3. The van der Waals surface area contributed by atoms with Gasteiger partial charge in [0, 0.05) is 28.9 Å². The number of amides is 1. The van der Waals surface area contributed by atoms with E-state index in [4.69, 9.17) is 23.2 Å². The van der Waals surface area contributed by atoms with Crippen LogP contribution in [0.5, 0.6) is 0 Å². The summed E-state index contributed by atoms with van der Waals surface area (Å²) >= 11 is 11.4. The normalized spacial score (nSPS) is 10.1. The molecule has 2 rings (SSSR count). The number of hydrogen-bond donors (Lipinski definition) is 1. The Morgan fingerprint density at radius 1 is 1.30 bits per heavy atom. The number of rotatable bonds is 3. The van der Waals surface area contributed by atoms with Crippen molar-refractivity contribution in [3.63, 3.8) is 0 Å². The SMILES string of the molecule is O=C(Nc1nccc(Cl)n1)c1cc(Cl)cc([N+](=O)[O-])c1. The summed E-state index contributed by atoms with van der Waals surface area (Å²) in [5.41, 5.74) is -0.262. The van der Waals surface area contributed by atoms with E-state index in [0.717, 1.165) is 12.1 Å². The van der Waals surface area contributed by atoms with Crippen LogP contribution in [0, 0.1) is 10.1 Å². The lowest BCUT2D eigenvalue weighted by Gasteiger charge is -2.04. The quantitative estimate of drug-likeness (QED) is 0.533. The Hall–Kier alpha value is -2.25. The molecule has 7 nitrogen and oxygen atoms in total. The molecule has 0 saturated carbocycles. The summed E-state index contributed by atoms with van der Waals surface area (Å²) in [5.74, 6) is -0.636. The fourth-order valence-electron chi connectivity index (χ4n) is 1.38. The molecule has 0 aliphatic heterocycles. The molecule has 0 aliphatic carbocycles. The molecule has 0 atom stereocenters. The van der Waals surface area contributed by atoms with Gasteiger partial charge in [0.15, 0.2) is 0 Å². The molecule has 9 heteroatoms. The summed E-state index contributed by atoms with van der Waals surface area (Å²) in [6.45, 7) is 0. The third-order valence-electron chi connectivity index (χ3n) is 2.20. The average molecular weight is 313 g/mol. The minimum absolute atomic E-state index is 0.00914. The molecule has 0 aliphatic rings. The molecule has 1 heterocycles. The van der Waals surface area contributed by atoms with Crippen LogP contribution in [0.1, 0.15) is 10.4 Å². The first-order valence-corrected chi connectivity index (χ1v) is 5.96. The third kappa shape index (κ3) is 3.40. The van der Waals surface area contributed by atoms with Crippen LogP contribution in [0.2, 0.25) is 10.2 Å². The van der Waals surface area contributed by atoms with Crippen LogP contribution in [0.25, 0.3) is 0 Å². The molecule has 102 valence electrons. The van der Waals surface area contributed by atoms with Gasteiger partial charge in [0.1, 0.15) is 5.15 Å². The maximum atomic E-state index is 11.9. The predicted molar refractivity (Wildman–Crippen MR) is 73.1 cm³/mol. The smallest absolute Gasteiger partial charge is 0.271 e. The minimum Gasteiger partial charge on any atom is -0.290 e. The number of carbonyl (C=O) groups excluding carboxylic acids is 1. The second kappa shape index (κ2) is 5.81. The van der Waals surface area contributed by atoms with Gasteiger partial charge in [-0.1, -0.05) is 23.2 Å². The zero-order valence-corrected chi connectivity index (χ0v) is 11.2. The molecule has 20 heavy (non-hydrogen) atoms. The molecular formula is C11H6Cl2N4O3. The summed E-state index contributed by atoms with van der Waals surface area (Å²) in [6, 6.07) is 5.00. The monoisotopic (exact) mass is 312 g/mol. The Labute approximate surface area is 122 Å². The Kier molecular flexibility index (Phi) is 4.11. The van der Waals surface area contributed by atoms with E-state index >= 15 is 0 Å². The zero-order chi connectivity index (χ0) is 14.7. The van der Waals surface area contributed by atoms with Crippen molar-refractivity contribution < 1.29 is 9.72 Å². The van der Waals surface area contributed by atoms with Crippen LogP contribution in [-0.4, -0.2) is 20.8 Å². The molecule has 1 amide bonds. The Bertz CT molecular complexity index is 693. The highest BCUT2D eigenvalue weighted by molar-refractivity contribution is 6.31. The number of nitro benzene ring substituents is 1. The molecule has 0 bridgehead atoms. The van der Waals surface area contributed by atoms with E-state index in [-0.39, 0.29) is 27.4 Å². The number of carbonyl (C=O) groups is 1. The molecule has 1 aromatic heterocycles. The topological polar surface area (TPSA) is 98.0 Å². The van der Waals surface area contributed by atoms with Gasteiger partial charge in [-0.3, -0.25) is 20.2 Å². The first kappa shape index (κ1) is 14.2. The highest BCUT2D eigenvalue weighted by Crippen LogP contribution is 2.21. The Morgan fingerprint density at radius 2 is 2.05 bits per heavy atom. The number of halogens is 2. The maximum absolute atomic E-state index is 11.9. The zero-order valence-electron chi connectivity index (χ0n) is 9.71. The van der Waals surface area contributed by atoms with E-state index in [1.54, 1.807) is 0 Å². The van der Waals surface area contributed by atoms with E-state index in [2.05, 4.69) is 15.3 Å². The predicted octanol–water partition coefficient (Wildman–Crippen LogP) is 2.94. The number of anilines is 1. The summed E-state index contributed by atoms with van der Waals surface area (Å²) < 4.78 is 0. The summed E-state index contributed by atoms with van der Waals surface area (Å²) in [6.07, 6.45) is 1.37. The average Bonchev–Trinajstić information content (AvgIpc) is 2.37. The molecule has 0 radical (unpaired) electrons. The number of aromatic nitrogens is 2. The van der Waals surface area contributed by atoms with Gasteiger partial charge in [-0.05, 0) is 12.1 Å². The van der Waals surface area contributed by atoms with Gasteiger partial charge in [-0.25, -0.2) is 9.97 Å². The number of nitrogens with one attached hydrogen (secondary N) is 1. The molecule has 1 N–H and O–H groups in total. The standard InChI is InChI=1S/C11H6Cl2N4O3/c12-7-3-6(4-8(5-7)17(19)20)10(18)16-11-14-2-1-9(13)15-11/h1-5H,(H,14,15,16,18). The van der Waals surface area contributed by atoms with Crippen LogP contribution in [0.4, 0.5) is 11.6 Å². The van der Waals surface area contributed by atoms with Crippen molar-refractivity contribution >= 4 is 40.7 Å². The summed E-state index contributed by atoms with van der Waals surface area (Å²) in [5, 5.41) is 13.3. The fraction of sp³-hybridized carbons (Fsp3) is 0. The highest BCUT2D eigenvalue weighted by Gasteiger charge is 2.15. The summed E-state index contributed by atoms with van der Waals surface area (Å²) in [4.78, 5) is 29.6. The van der Waals surface area contributed by atoms with Gasteiger partial charge in [-0.15, -0.1) is 0 Å². The van der Waals surface area contributed by atoms with Gasteiger partial charge in [-0.2, -0.15) is 0 Å². The number of non-ortho nitro benzene ring substituents is 1. The highest BCUT2D eigenvalue weighted by atomic mass is 35.5. The van der Waals surface area contributed by atoms with Gasteiger partial charge in [0.2, 0.25) is 5.95 Å². The van der Waals surface area contributed by atoms with Crippen molar-refractivity contribution in [2.45, 2.75) is 0 Å². The second-order valence-corrected chi connectivity index (χ2v) is 4.44. The molecule has 0 unspecified atom stereocenters. The van der Waals surface area contributed by atoms with Crippen molar-refractivity contribution in [1.29, 1.82) is 0 Å². The van der Waals surface area contributed by atoms with E-state index in [0.29, 0.717) is 0 Å². The number of nitro groups is 1. The van der Waals surface area contributed by atoms with Crippen LogP contribution >= 0.6 is 23.2 Å². The van der Waals surface area contributed by atoms with Crippen LogP contribution in [0.15, 0.2) is 30.5 Å². The van der Waals surface area contributed by atoms with Crippen LogP contribution in [0.3, 0.4) is 0 Å². The molecule has 0 spiro atoms. The van der Waals surface area contributed by atoms with Gasteiger partial charge >= 0.3 is 0 Å². The van der Waals surface area contributed by atoms with E-state index in [9.17, 15) is 14.9 Å². The number of hydrogen-bond acceptors (Lipinski definition) is 5. The third-order valence-corrected chi connectivity index (χ3v) is 2.63. The first-order chi connectivity index (χ1) is 9.45. The van der Waals surface area contributed by atoms with Crippen molar-refractivity contribution in [3.05, 3.63) is 56.3 Å². The Morgan fingerprint density at radius 3 is 2.70 bits per heavy atom. The molecule has 2 aromatic rings. The molecule has 1 aromatic carbocycles. The van der Waals surface area contributed by atoms with Gasteiger partial charge in [0.25, 0.3) is 11.6 Å². The van der Waals surface area contributed by atoms with E-state index in [1.807, 2.05) is 0 Å². The van der Waals surface area contributed by atoms with E-state index < -0.39 is 10.8 Å². The lowest BCUT2D eigenvalue weighted by molar-refractivity contribution is -0.384. The summed E-state index contributed by atoms with van der Waals surface area (Å²) in [7, 11) is 0. The van der Waals surface area contributed by atoms with Crippen molar-refractivity contribution in [1.82, 2.24) is 9.97 Å². The Balaban J connectivity index is 2.27. The number of benzene rings is 1. The molecule has 0 saturated heterocycles.